The van der Waals surface area contributed by atoms with Gasteiger partial charge < -0.3 is 10.3 Å². The zero-order chi connectivity index (χ0) is 23.3. The van der Waals surface area contributed by atoms with Crippen LogP contribution in [0.4, 0.5) is 0 Å². The van der Waals surface area contributed by atoms with Gasteiger partial charge in [-0.1, -0.05) is 80.1 Å². The number of hydrogen-bond donors (Lipinski definition) is 1. The lowest BCUT2D eigenvalue weighted by Gasteiger charge is -2.26. The minimum atomic E-state index is 0.451. The monoisotopic (exact) mass is 456 g/mol. The highest BCUT2D eigenvalue weighted by Gasteiger charge is 2.23. The first-order chi connectivity index (χ1) is 16.7. The molecule has 2 N–H and O–H groups in total. The van der Waals surface area contributed by atoms with Gasteiger partial charge in [0.05, 0.1) is 0 Å². The van der Waals surface area contributed by atoms with E-state index >= 15 is 0 Å². The Labute approximate surface area is 206 Å². The molecule has 2 saturated carbocycles. The Balaban J connectivity index is 1.41. The maximum Gasteiger partial charge on any atom is 0.0483 e. The molecule has 0 radical (unpaired) electrons. The Bertz CT molecular complexity index is 1050. The molecule has 182 valence electrons. The maximum absolute atomic E-state index is 6.16. The van der Waals surface area contributed by atoms with Crippen LogP contribution < -0.4 is 5.73 Å². The lowest BCUT2D eigenvalue weighted by Crippen LogP contribution is -2.26. The molecular formula is C32H44N2. The first kappa shape index (κ1) is 23.7. The van der Waals surface area contributed by atoms with Crippen molar-refractivity contribution in [3.63, 3.8) is 0 Å². The first-order valence-electron chi connectivity index (χ1n) is 14.1. The topological polar surface area (TPSA) is 30.9 Å². The number of para-hydroxylation sites is 1. The molecule has 2 nitrogen and oxygen atoms in total. The molecule has 0 spiro atoms. The summed E-state index contributed by atoms with van der Waals surface area (Å²) in [5.41, 5.74) is 12.0. The van der Waals surface area contributed by atoms with Crippen LogP contribution in [0, 0.1) is 18.8 Å². The maximum atomic E-state index is 6.16. The van der Waals surface area contributed by atoms with E-state index in [2.05, 4.69) is 66.2 Å². The summed E-state index contributed by atoms with van der Waals surface area (Å²) in [6.45, 7) is 3.42. The summed E-state index contributed by atoms with van der Waals surface area (Å²) >= 11 is 0. The van der Waals surface area contributed by atoms with Gasteiger partial charge in [0.1, 0.15) is 0 Å². The van der Waals surface area contributed by atoms with Gasteiger partial charge in [-0.3, -0.25) is 0 Å². The van der Waals surface area contributed by atoms with E-state index in [0.29, 0.717) is 12.0 Å². The van der Waals surface area contributed by atoms with Crippen molar-refractivity contribution < 1.29 is 0 Å². The third-order valence-electron chi connectivity index (χ3n) is 8.82. The van der Waals surface area contributed by atoms with Crippen LogP contribution in [0.15, 0.2) is 54.7 Å². The van der Waals surface area contributed by atoms with Gasteiger partial charge in [-0.25, -0.2) is 0 Å². The molecule has 1 unspecified atom stereocenters. The van der Waals surface area contributed by atoms with Crippen molar-refractivity contribution in [1.82, 2.24) is 4.57 Å². The molecule has 1 heterocycles. The molecule has 2 fully saturated rings. The van der Waals surface area contributed by atoms with E-state index in [1.165, 1.54) is 106 Å². The Morgan fingerprint density at radius 2 is 1.68 bits per heavy atom. The second kappa shape index (κ2) is 11.1. The largest absolute Gasteiger partial charge is 0.347 e. The molecule has 5 rings (SSSR count). The lowest BCUT2D eigenvalue weighted by molar-refractivity contribution is 0.302. The van der Waals surface area contributed by atoms with Crippen molar-refractivity contribution in [2.24, 2.45) is 17.6 Å². The fourth-order valence-electron chi connectivity index (χ4n) is 6.83. The van der Waals surface area contributed by atoms with E-state index in [1.807, 2.05) is 0 Å². The highest BCUT2D eigenvalue weighted by Crippen LogP contribution is 2.38. The van der Waals surface area contributed by atoms with Crippen molar-refractivity contribution in [3.05, 3.63) is 71.4 Å². The van der Waals surface area contributed by atoms with Crippen LogP contribution in [-0.2, 0) is 6.54 Å². The van der Waals surface area contributed by atoms with Gasteiger partial charge >= 0.3 is 0 Å². The fraction of sp³-hybridized carbons (Fsp3) is 0.562. The molecule has 0 bridgehead atoms. The molecule has 0 aliphatic heterocycles. The zero-order valence-electron chi connectivity index (χ0n) is 21.2. The van der Waals surface area contributed by atoms with Crippen molar-refractivity contribution in [1.29, 1.82) is 0 Å². The van der Waals surface area contributed by atoms with Gasteiger partial charge in [-0.2, -0.15) is 0 Å². The molecule has 3 aromatic rings. The zero-order valence-corrected chi connectivity index (χ0v) is 21.2. The summed E-state index contributed by atoms with van der Waals surface area (Å²) in [5.74, 6) is 2.20. The molecule has 34 heavy (non-hydrogen) atoms. The Hall–Kier alpha value is -2.06. The molecule has 2 aromatic carbocycles. The van der Waals surface area contributed by atoms with Crippen LogP contribution in [0.1, 0.15) is 99.7 Å². The standard InChI is InChI=1S/C32H44N2/c1-24-9-7-13-27(21-24)29(15-8-12-25-17-19-28(33)20-18-25)31-23-34(22-26-10-3-2-4-11-26)32-16-6-5-14-30(31)32/h5-7,9,13-14,16,21,23,25-26,28-29H,2-4,8,10-12,15,17-20,22,33H2,1H3. The van der Waals surface area contributed by atoms with E-state index in [1.54, 1.807) is 5.56 Å². The molecule has 2 aliphatic carbocycles. The second-order valence-electron chi connectivity index (χ2n) is 11.4. The fourth-order valence-corrected chi connectivity index (χ4v) is 6.83. The van der Waals surface area contributed by atoms with E-state index in [0.717, 1.165) is 11.8 Å². The highest BCUT2D eigenvalue weighted by atomic mass is 15.0. The van der Waals surface area contributed by atoms with Gasteiger partial charge in [-0.05, 0) is 80.9 Å². The summed E-state index contributed by atoms with van der Waals surface area (Å²) in [6, 6.07) is 18.9. The molecule has 2 aliphatic rings. The quantitative estimate of drug-likeness (QED) is 0.363. The van der Waals surface area contributed by atoms with Crippen LogP contribution in [0.3, 0.4) is 0 Å². The second-order valence-corrected chi connectivity index (χ2v) is 11.4. The molecule has 0 saturated heterocycles. The number of fused-ring (bicyclic) bond motifs is 1. The van der Waals surface area contributed by atoms with Crippen molar-refractivity contribution >= 4 is 10.9 Å². The average molecular weight is 457 g/mol. The van der Waals surface area contributed by atoms with E-state index in [4.69, 9.17) is 5.73 Å². The van der Waals surface area contributed by atoms with E-state index < -0.39 is 0 Å². The molecular weight excluding hydrogens is 412 g/mol. The number of nitrogens with two attached hydrogens (primary N) is 1. The van der Waals surface area contributed by atoms with Crippen LogP contribution >= 0.6 is 0 Å². The smallest absolute Gasteiger partial charge is 0.0483 e. The summed E-state index contributed by atoms with van der Waals surface area (Å²) in [4.78, 5) is 0. The van der Waals surface area contributed by atoms with E-state index in [9.17, 15) is 0 Å². The Morgan fingerprint density at radius 1 is 0.882 bits per heavy atom. The van der Waals surface area contributed by atoms with Gasteiger partial charge in [0.25, 0.3) is 0 Å². The summed E-state index contributed by atoms with van der Waals surface area (Å²) in [5, 5.41) is 1.47. The van der Waals surface area contributed by atoms with Crippen molar-refractivity contribution in [2.75, 3.05) is 0 Å². The number of hydrogen-bond acceptors (Lipinski definition) is 1. The van der Waals surface area contributed by atoms with Gasteiger partial charge in [0, 0.05) is 35.6 Å². The Morgan fingerprint density at radius 3 is 2.47 bits per heavy atom. The lowest BCUT2D eigenvalue weighted by atomic mass is 9.81. The minimum Gasteiger partial charge on any atom is -0.347 e. The van der Waals surface area contributed by atoms with E-state index in [-0.39, 0.29) is 0 Å². The number of aryl methyl sites for hydroxylation is 1. The molecule has 1 atom stereocenters. The van der Waals surface area contributed by atoms with Crippen LogP contribution in [0.5, 0.6) is 0 Å². The third kappa shape index (κ3) is 5.60. The number of rotatable bonds is 8. The molecule has 2 heteroatoms. The van der Waals surface area contributed by atoms with Gasteiger partial charge in [-0.15, -0.1) is 0 Å². The van der Waals surface area contributed by atoms with Crippen LogP contribution in [0.25, 0.3) is 10.9 Å². The molecule has 1 aromatic heterocycles. The normalized spacial score (nSPS) is 22.8. The number of benzene rings is 2. The summed E-state index contributed by atoms with van der Waals surface area (Å²) in [7, 11) is 0. The van der Waals surface area contributed by atoms with Gasteiger partial charge in [0.2, 0.25) is 0 Å². The average Bonchev–Trinajstić information content (AvgIpc) is 3.22. The molecule has 0 amide bonds. The Kier molecular flexibility index (Phi) is 7.74. The highest BCUT2D eigenvalue weighted by molar-refractivity contribution is 5.85. The van der Waals surface area contributed by atoms with Gasteiger partial charge in [0.15, 0.2) is 0 Å². The first-order valence-corrected chi connectivity index (χ1v) is 14.1. The SMILES string of the molecule is Cc1cccc(C(CCCC2CCC(N)CC2)c2cn(CC3CCCCC3)c3ccccc23)c1. The van der Waals surface area contributed by atoms with Crippen LogP contribution in [-0.4, -0.2) is 10.6 Å². The van der Waals surface area contributed by atoms with Crippen molar-refractivity contribution in [2.45, 2.75) is 102 Å². The number of aromatic nitrogens is 1. The third-order valence-corrected chi connectivity index (χ3v) is 8.82. The predicted octanol–water partition coefficient (Wildman–Crippen LogP) is 8.35. The summed E-state index contributed by atoms with van der Waals surface area (Å²) < 4.78 is 2.60. The number of nitrogens with zero attached hydrogens (tertiary/aromatic N) is 1. The summed E-state index contributed by atoms with van der Waals surface area (Å²) in [6.07, 6.45) is 18.6. The van der Waals surface area contributed by atoms with Crippen LogP contribution in [0.2, 0.25) is 0 Å². The minimum absolute atomic E-state index is 0.451. The van der Waals surface area contributed by atoms with Crippen molar-refractivity contribution in [3.8, 4) is 0 Å². The predicted molar refractivity (Wildman–Crippen MR) is 145 cm³/mol.